The minimum Gasteiger partial charge on any atom is -0.406 e. The van der Waals surface area contributed by atoms with E-state index in [0.717, 1.165) is 12.1 Å². The number of rotatable bonds is 4. The van der Waals surface area contributed by atoms with E-state index < -0.39 is 23.8 Å². The smallest absolute Gasteiger partial charge is 0.406 e. The van der Waals surface area contributed by atoms with E-state index in [4.69, 9.17) is 0 Å². The molecule has 0 atom stereocenters. The number of alkyl halides is 3. The maximum Gasteiger partial charge on any atom is 0.573 e. The van der Waals surface area contributed by atoms with Gasteiger partial charge in [-0.05, 0) is 42.5 Å². The minimum absolute atomic E-state index is 0.0893. The molecule has 134 valence electrons. The average Bonchev–Trinajstić information content (AvgIpc) is 3.04. The van der Waals surface area contributed by atoms with Crippen LogP contribution >= 0.6 is 0 Å². The molecule has 3 rings (SSSR count). The molecule has 2 aromatic carbocycles. The molecule has 0 radical (unpaired) electrons. The predicted molar refractivity (Wildman–Crippen MR) is 85.1 cm³/mol. The number of aromatic amines is 1. The van der Waals surface area contributed by atoms with E-state index in [1.54, 1.807) is 0 Å². The highest BCUT2D eigenvalue weighted by Gasteiger charge is 2.31. The monoisotopic (exact) mass is 365 g/mol. The maximum absolute atomic E-state index is 12.9. The first-order valence-electron chi connectivity index (χ1n) is 7.29. The summed E-state index contributed by atoms with van der Waals surface area (Å²) in [6.07, 6.45) is -4.82. The number of anilines is 1. The first-order valence-corrected chi connectivity index (χ1v) is 7.29. The van der Waals surface area contributed by atoms with Gasteiger partial charge < -0.3 is 10.1 Å². The summed E-state index contributed by atoms with van der Waals surface area (Å²) in [4.78, 5) is 12.2. The van der Waals surface area contributed by atoms with E-state index in [0.29, 0.717) is 11.3 Å². The van der Waals surface area contributed by atoms with Crippen LogP contribution in [0.5, 0.6) is 5.75 Å². The Balaban J connectivity index is 1.73. The van der Waals surface area contributed by atoms with Crippen LogP contribution in [0.25, 0.3) is 11.3 Å². The third kappa shape index (κ3) is 4.38. The lowest BCUT2D eigenvalue weighted by molar-refractivity contribution is -0.274. The third-order valence-corrected chi connectivity index (χ3v) is 3.29. The van der Waals surface area contributed by atoms with Crippen LogP contribution in [0.4, 0.5) is 23.2 Å². The van der Waals surface area contributed by atoms with Gasteiger partial charge in [-0.3, -0.25) is 9.89 Å². The second-order valence-electron chi connectivity index (χ2n) is 5.20. The van der Waals surface area contributed by atoms with Crippen molar-refractivity contribution in [1.29, 1.82) is 0 Å². The Bertz CT molecular complexity index is 920. The number of benzene rings is 2. The standard InChI is InChI=1S/C17H11F4N3O2/c18-11-6-4-10(5-7-11)14-9-15(24-23-14)16(25)22-12-2-1-3-13(8-12)26-17(19,20)21/h1-9H,(H,22,25)(H,23,24). The van der Waals surface area contributed by atoms with Crippen molar-refractivity contribution in [2.24, 2.45) is 0 Å². The van der Waals surface area contributed by atoms with Crippen molar-refractivity contribution in [3.05, 3.63) is 66.1 Å². The number of ether oxygens (including phenoxy) is 1. The highest BCUT2D eigenvalue weighted by molar-refractivity contribution is 6.03. The highest BCUT2D eigenvalue weighted by Crippen LogP contribution is 2.25. The topological polar surface area (TPSA) is 67.0 Å². The van der Waals surface area contributed by atoms with Crippen molar-refractivity contribution in [3.63, 3.8) is 0 Å². The number of hydrogen-bond donors (Lipinski definition) is 2. The van der Waals surface area contributed by atoms with Crippen LogP contribution < -0.4 is 10.1 Å². The Morgan fingerprint density at radius 2 is 1.81 bits per heavy atom. The van der Waals surface area contributed by atoms with Crippen molar-refractivity contribution in [2.75, 3.05) is 5.32 Å². The third-order valence-electron chi connectivity index (χ3n) is 3.29. The second kappa shape index (κ2) is 6.87. The molecule has 0 bridgehead atoms. The molecule has 1 aromatic heterocycles. The van der Waals surface area contributed by atoms with E-state index in [-0.39, 0.29) is 11.4 Å². The molecule has 0 unspecified atom stereocenters. The minimum atomic E-state index is -4.82. The molecule has 0 aliphatic heterocycles. The van der Waals surface area contributed by atoms with Crippen LogP contribution in [-0.2, 0) is 0 Å². The first kappa shape index (κ1) is 17.5. The molecule has 0 spiro atoms. The van der Waals surface area contributed by atoms with Gasteiger partial charge >= 0.3 is 6.36 Å². The Labute approximate surface area is 144 Å². The molecule has 0 aliphatic rings. The van der Waals surface area contributed by atoms with Crippen LogP contribution in [0.3, 0.4) is 0 Å². The van der Waals surface area contributed by atoms with Gasteiger partial charge in [-0.25, -0.2) is 4.39 Å². The van der Waals surface area contributed by atoms with Crippen molar-refractivity contribution in [2.45, 2.75) is 6.36 Å². The van der Waals surface area contributed by atoms with Crippen LogP contribution in [0.1, 0.15) is 10.5 Å². The highest BCUT2D eigenvalue weighted by atomic mass is 19.4. The number of aromatic nitrogens is 2. The zero-order chi connectivity index (χ0) is 18.7. The van der Waals surface area contributed by atoms with E-state index in [2.05, 4.69) is 20.3 Å². The van der Waals surface area contributed by atoms with Crippen LogP contribution in [-0.4, -0.2) is 22.5 Å². The van der Waals surface area contributed by atoms with Crippen LogP contribution in [0.2, 0.25) is 0 Å². The Kier molecular flexibility index (Phi) is 4.61. The van der Waals surface area contributed by atoms with Gasteiger partial charge in [-0.2, -0.15) is 5.10 Å². The number of carbonyl (C=O) groups excluding carboxylic acids is 1. The van der Waals surface area contributed by atoms with E-state index >= 15 is 0 Å². The summed E-state index contributed by atoms with van der Waals surface area (Å²) in [7, 11) is 0. The van der Waals surface area contributed by atoms with Gasteiger partial charge in [0.05, 0.1) is 5.69 Å². The fourth-order valence-corrected chi connectivity index (χ4v) is 2.18. The van der Waals surface area contributed by atoms with E-state index in [1.807, 2.05) is 0 Å². The summed E-state index contributed by atoms with van der Waals surface area (Å²) < 4.78 is 53.5. The molecule has 1 heterocycles. The SMILES string of the molecule is O=C(Nc1cccc(OC(F)(F)F)c1)c1cc(-c2ccc(F)cc2)n[nH]1. The molecule has 0 fully saturated rings. The fourth-order valence-electron chi connectivity index (χ4n) is 2.18. The number of H-pyrrole nitrogens is 1. The van der Waals surface area contributed by atoms with Crippen molar-refractivity contribution in [1.82, 2.24) is 10.2 Å². The summed E-state index contributed by atoms with van der Waals surface area (Å²) in [5.41, 5.74) is 1.23. The molecule has 1 amide bonds. The molecule has 0 aliphatic carbocycles. The Hall–Kier alpha value is -3.36. The van der Waals surface area contributed by atoms with Crippen molar-refractivity contribution >= 4 is 11.6 Å². The summed E-state index contributed by atoms with van der Waals surface area (Å²) in [5.74, 6) is -1.45. The van der Waals surface area contributed by atoms with Gasteiger partial charge in [0.2, 0.25) is 0 Å². The number of hydrogen-bond acceptors (Lipinski definition) is 3. The summed E-state index contributed by atoms with van der Waals surface area (Å²) in [6.45, 7) is 0. The lowest BCUT2D eigenvalue weighted by atomic mass is 10.1. The Morgan fingerprint density at radius 1 is 1.08 bits per heavy atom. The summed E-state index contributed by atoms with van der Waals surface area (Å²) in [5, 5.41) is 8.93. The number of halogens is 4. The number of nitrogens with one attached hydrogen (secondary N) is 2. The number of nitrogens with zero attached hydrogens (tertiary/aromatic N) is 1. The molecule has 5 nitrogen and oxygen atoms in total. The van der Waals surface area contributed by atoms with Gasteiger partial charge in [0.1, 0.15) is 17.3 Å². The van der Waals surface area contributed by atoms with Gasteiger partial charge in [0, 0.05) is 17.3 Å². The molecule has 2 N–H and O–H groups in total. The van der Waals surface area contributed by atoms with E-state index in [1.165, 1.54) is 42.5 Å². The lowest BCUT2D eigenvalue weighted by Crippen LogP contribution is -2.17. The van der Waals surface area contributed by atoms with Crippen molar-refractivity contribution < 1.29 is 27.1 Å². The van der Waals surface area contributed by atoms with E-state index in [9.17, 15) is 22.4 Å². The van der Waals surface area contributed by atoms with Gasteiger partial charge in [-0.1, -0.05) is 6.07 Å². The van der Waals surface area contributed by atoms with Crippen LogP contribution in [0.15, 0.2) is 54.6 Å². The van der Waals surface area contributed by atoms with Crippen LogP contribution in [0, 0.1) is 5.82 Å². The number of carbonyl (C=O) groups is 1. The molecular formula is C17H11F4N3O2. The van der Waals surface area contributed by atoms with Gasteiger partial charge in [0.25, 0.3) is 5.91 Å². The quantitative estimate of drug-likeness (QED) is 0.675. The molecule has 26 heavy (non-hydrogen) atoms. The molecule has 0 saturated carbocycles. The Morgan fingerprint density at radius 3 is 2.50 bits per heavy atom. The van der Waals surface area contributed by atoms with Crippen molar-refractivity contribution in [3.8, 4) is 17.0 Å². The average molecular weight is 365 g/mol. The largest absolute Gasteiger partial charge is 0.573 e. The molecule has 0 saturated heterocycles. The van der Waals surface area contributed by atoms with Gasteiger partial charge in [-0.15, -0.1) is 13.2 Å². The summed E-state index contributed by atoms with van der Waals surface area (Å²) in [6, 6.07) is 11.9. The zero-order valence-corrected chi connectivity index (χ0v) is 13.0. The maximum atomic E-state index is 12.9. The predicted octanol–water partition coefficient (Wildman–Crippen LogP) is 4.37. The number of amides is 1. The lowest BCUT2D eigenvalue weighted by Gasteiger charge is -2.10. The fraction of sp³-hybridized carbons (Fsp3) is 0.0588. The zero-order valence-electron chi connectivity index (χ0n) is 13.0. The summed E-state index contributed by atoms with van der Waals surface area (Å²) >= 11 is 0. The normalized spacial score (nSPS) is 11.2. The van der Waals surface area contributed by atoms with Gasteiger partial charge in [0.15, 0.2) is 0 Å². The molecule has 3 aromatic rings. The first-order chi connectivity index (χ1) is 12.3. The molecular weight excluding hydrogens is 354 g/mol. The second-order valence-corrected chi connectivity index (χ2v) is 5.20. The molecule has 9 heteroatoms.